The summed E-state index contributed by atoms with van der Waals surface area (Å²) >= 11 is 0. The summed E-state index contributed by atoms with van der Waals surface area (Å²) in [5.41, 5.74) is 12.3. The van der Waals surface area contributed by atoms with E-state index in [0.717, 1.165) is 25.8 Å². The standard InChI is InChI=1S/C20H39F2N3/c1-5-13-8-14(6-2)19(22)17(18(13)21)9-15-10-25-20(24)16(15)7-11(3)12(4)23/h11-20,25H,5-10,23-24H2,1-4H3. The number of rotatable bonds is 7. The van der Waals surface area contributed by atoms with Crippen LogP contribution in [0.1, 0.15) is 59.8 Å². The van der Waals surface area contributed by atoms with Crippen molar-refractivity contribution in [1.29, 1.82) is 0 Å². The molecule has 5 heteroatoms. The quantitative estimate of drug-likeness (QED) is 0.650. The van der Waals surface area contributed by atoms with Crippen LogP contribution < -0.4 is 16.8 Å². The molecule has 1 aliphatic heterocycles. The molecule has 5 N–H and O–H groups in total. The number of nitrogens with two attached hydrogens (primary N) is 2. The van der Waals surface area contributed by atoms with Gasteiger partial charge in [0.2, 0.25) is 0 Å². The average Bonchev–Trinajstić information content (AvgIpc) is 2.92. The van der Waals surface area contributed by atoms with Crippen molar-refractivity contribution in [3.63, 3.8) is 0 Å². The summed E-state index contributed by atoms with van der Waals surface area (Å²) in [6.45, 7) is 8.98. The molecule has 1 saturated heterocycles. The maximum absolute atomic E-state index is 15.0. The number of alkyl halides is 2. The fourth-order valence-corrected chi connectivity index (χ4v) is 5.04. The molecule has 0 aromatic rings. The van der Waals surface area contributed by atoms with Crippen LogP contribution in [-0.4, -0.2) is 31.1 Å². The molecule has 0 aromatic carbocycles. The second-order valence-electron chi connectivity index (χ2n) is 8.79. The van der Waals surface area contributed by atoms with E-state index in [9.17, 15) is 0 Å². The Hall–Kier alpha value is -0.260. The van der Waals surface area contributed by atoms with Gasteiger partial charge in [-0.3, -0.25) is 0 Å². The molecule has 0 amide bonds. The molecule has 2 aliphatic rings. The van der Waals surface area contributed by atoms with Crippen LogP contribution in [0, 0.1) is 35.5 Å². The number of nitrogens with one attached hydrogen (secondary N) is 1. The van der Waals surface area contributed by atoms with Crippen molar-refractivity contribution >= 4 is 0 Å². The first-order valence-electron chi connectivity index (χ1n) is 10.3. The van der Waals surface area contributed by atoms with E-state index in [4.69, 9.17) is 11.5 Å². The topological polar surface area (TPSA) is 64.1 Å². The van der Waals surface area contributed by atoms with Crippen LogP contribution in [0.3, 0.4) is 0 Å². The number of hydrogen-bond acceptors (Lipinski definition) is 3. The van der Waals surface area contributed by atoms with Gasteiger partial charge in [-0.2, -0.15) is 0 Å². The van der Waals surface area contributed by atoms with Crippen molar-refractivity contribution in [1.82, 2.24) is 5.32 Å². The van der Waals surface area contributed by atoms with Gasteiger partial charge in [-0.15, -0.1) is 0 Å². The van der Waals surface area contributed by atoms with Crippen molar-refractivity contribution in [3.05, 3.63) is 0 Å². The van der Waals surface area contributed by atoms with Crippen molar-refractivity contribution in [2.45, 2.75) is 84.4 Å². The molecule has 25 heavy (non-hydrogen) atoms. The zero-order valence-electron chi connectivity index (χ0n) is 16.4. The summed E-state index contributed by atoms with van der Waals surface area (Å²) < 4.78 is 30.1. The van der Waals surface area contributed by atoms with E-state index in [2.05, 4.69) is 12.2 Å². The first-order chi connectivity index (χ1) is 11.8. The van der Waals surface area contributed by atoms with Crippen molar-refractivity contribution < 1.29 is 8.78 Å². The van der Waals surface area contributed by atoms with Gasteiger partial charge in [0.05, 0.1) is 6.17 Å². The molecule has 9 atom stereocenters. The Morgan fingerprint density at radius 3 is 2.04 bits per heavy atom. The molecule has 148 valence electrons. The number of hydrogen-bond donors (Lipinski definition) is 3. The molecule has 1 aliphatic carbocycles. The maximum Gasteiger partial charge on any atom is 0.109 e. The zero-order chi connectivity index (χ0) is 18.7. The summed E-state index contributed by atoms with van der Waals surface area (Å²) in [6, 6.07) is 0.111. The predicted molar refractivity (Wildman–Crippen MR) is 100 cm³/mol. The first-order valence-corrected chi connectivity index (χ1v) is 10.3. The largest absolute Gasteiger partial charge is 0.328 e. The minimum absolute atomic E-state index is 0.00595. The Morgan fingerprint density at radius 2 is 1.56 bits per heavy atom. The minimum atomic E-state index is -1.02. The molecule has 0 aromatic heterocycles. The maximum atomic E-state index is 15.0. The lowest BCUT2D eigenvalue weighted by Gasteiger charge is -2.42. The molecule has 2 fully saturated rings. The third-order valence-electron chi connectivity index (χ3n) is 7.17. The van der Waals surface area contributed by atoms with Gasteiger partial charge < -0.3 is 16.8 Å². The van der Waals surface area contributed by atoms with Crippen LogP contribution in [0.5, 0.6) is 0 Å². The van der Waals surface area contributed by atoms with E-state index in [-0.39, 0.29) is 35.9 Å². The molecular weight excluding hydrogens is 320 g/mol. The van der Waals surface area contributed by atoms with Gasteiger partial charge in [-0.05, 0) is 62.3 Å². The van der Waals surface area contributed by atoms with E-state index in [1.807, 2.05) is 20.8 Å². The lowest BCUT2D eigenvalue weighted by atomic mass is 9.67. The summed E-state index contributed by atoms with van der Waals surface area (Å²) in [7, 11) is 0. The fraction of sp³-hybridized carbons (Fsp3) is 1.00. The molecule has 2 rings (SSSR count). The summed E-state index contributed by atoms with van der Waals surface area (Å²) in [6.07, 6.45) is 1.69. The van der Waals surface area contributed by atoms with Gasteiger partial charge in [0, 0.05) is 12.0 Å². The second kappa shape index (κ2) is 9.09. The molecule has 0 bridgehead atoms. The van der Waals surface area contributed by atoms with Gasteiger partial charge in [0.25, 0.3) is 0 Å². The molecule has 1 heterocycles. The first kappa shape index (κ1) is 21.0. The van der Waals surface area contributed by atoms with Gasteiger partial charge in [0.1, 0.15) is 12.3 Å². The Labute approximate surface area is 152 Å². The Bertz CT molecular complexity index is 390. The monoisotopic (exact) mass is 359 g/mol. The minimum Gasteiger partial charge on any atom is -0.328 e. The SMILES string of the molecule is CCC1CC(CC)C(F)C(CC2CNC(N)C2CC(C)C(C)N)C1F. The normalized spacial score (nSPS) is 44.6. The molecule has 3 nitrogen and oxygen atoms in total. The highest BCUT2D eigenvalue weighted by Crippen LogP contribution is 2.45. The number of halogens is 2. The van der Waals surface area contributed by atoms with Crippen LogP contribution in [0.2, 0.25) is 0 Å². The van der Waals surface area contributed by atoms with Gasteiger partial charge in [0.15, 0.2) is 0 Å². The van der Waals surface area contributed by atoms with E-state index in [0.29, 0.717) is 18.8 Å². The highest BCUT2D eigenvalue weighted by Gasteiger charge is 2.47. The molecule has 0 radical (unpaired) electrons. The third kappa shape index (κ3) is 4.72. The van der Waals surface area contributed by atoms with Crippen molar-refractivity contribution in [2.24, 2.45) is 47.0 Å². The Morgan fingerprint density at radius 1 is 1.00 bits per heavy atom. The lowest BCUT2D eigenvalue weighted by molar-refractivity contribution is -0.0258. The summed E-state index contributed by atoms with van der Waals surface area (Å²) in [5.74, 6) is 0.388. The molecular formula is C20H39F2N3. The molecule has 9 unspecified atom stereocenters. The molecule has 1 saturated carbocycles. The Kier molecular flexibility index (Phi) is 7.66. The van der Waals surface area contributed by atoms with Crippen LogP contribution in [0.15, 0.2) is 0 Å². The van der Waals surface area contributed by atoms with Crippen molar-refractivity contribution in [2.75, 3.05) is 6.54 Å². The van der Waals surface area contributed by atoms with Gasteiger partial charge >= 0.3 is 0 Å². The van der Waals surface area contributed by atoms with Crippen LogP contribution in [0.25, 0.3) is 0 Å². The second-order valence-corrected chi connectivity index (χ2v) is 8.79. The van der Waals surface area contributed by atoms with Gasteiger partial charge in [-0.25, -0.2) is 8.78 Å². The molecule has 0 spiro atoms. The summed E-state index contributed by atoms with van der Waals surface area (Å²) in [5, 5.41) is 3.33. The van der Waals surface area contributed by atoms with Crippen LogP contribution in [-0.2, 0) is 0 Å². The highest BCUT2D eigenvalue weighted by molar-refractivity contribution is 4.97. The van der Waals surface area contributed by atoms with E-state index < -0.39 is 18.3 Å². The Balaban J connectivity index is 2.08. The lowest BCUT2D eigenvalue weighted by Crippen LogP contribution is -2.44. The van der Waals surface area contributed by atoms with E-state index in [1.165, 1.54) is 0 Å². The van der Waals surface area contributed by atoms with E-state index >= 15 is 8.78 Å². The van der Waals surface area contributed by atoms with E-state index in [1.54, 1.807) is 0 Å². The summed E-state index contributed by atoms with van der Waals surface area (Å²) in [4.78, 5) is 0. The zero-order valence-corrected chi connectivity index (χ0v) is 16.4. The predicted octanol–water partition coefficient (Wildman–Crippen LogP) is 3.62. The van der Waals surface area contributed by atoms with Crippen molar-refractivity contribution in [3.8, 4) is 0 Å². The average molecular weight is 360 g/mol. The highest BCUT2D eigenvalue weighted by atomic mass is 19.1. The fourth-order valence-electron chi connectivity index (χ4n) is 5.04. The third-order valence-corrected chi connectivity index (χ3v) is 7.17. The van der Waals surface area contributed by atoms with Gasteiger partial charge in [-0.1, -0.05) is 33.6 Å². The van der Waals surface area contributed by atoms with Crippen LogP contribution >= 0.6 is 0 Å². The smallest absolute Gasteiger partial charge is 0.109 e. The van der Waals surface area contributed by atoms with Crippen LogP contribution in [0.4, 0.5) is 8.78 Å².